The minimum Gasteiger partial charge on any atom is -0.352 e. The van der Waals surface area contributed by atoms with Crippen LogP contribution in [-0.4, -0.2) is 23.3 Å². The summed E-state index contributed by atoms with van der Waals surface area (Å²) in [6, 6.07) is 14.3. The molecule has 3 rings (SSSR count). The number of thiazole rings is 1. The molecule has 0 unspecified atom stereocenters. The number of benzene rings is 2. The third kappa shape index (κ3) is 4.80. The average Bonchev–Trinajstić information content (AvgIpc) is 3.12. The summed E-state index contributed by atoms with van der Waals surface area (Å²) in [5, 5.41) is 8.60. The Morgan fingerprint density at radius 3 is 2.48 bits per heavy atom. The first kappa shape index (κ1) is 18.8. The van der Waals surface area contributed by atoms with E-state index in [4.69, 9.17) is 0 Å². The molecule has 0 fully saturated rings. The molecule has 0 saturated carbocycles. The highest BCUT2D eigenvalue weighted by molar-refractivity contribution is 7.13. The maximum atomic E-state index is 12.5. The third-order valence-electron chi connectivity index (χ3n) is 3.93. The highest BCUT2D eigenvalue weighted by Gasteiger charge is 2.10. The quantitative estimate of drug-likeness (QED) is 0.662. The lowest BCUT2D eigenvalue weighted by Crippen LogP contribution is -2.24. The Hall–Kier alpha value is -2.99. The Bertz CT molecular complexity index is 948. The summed E-state index contributed by atoms with van der Waals surface area (Å²) in [5.41, 5.74) is 3.63. The zero-order chi connectivity index (χ0) is 19.2. The van der Waals surface area contributed by atoms with E-state index >= 15 is 0 Å². The lowest BCUT2D eigenvalue weighted by atomic mass is 10.1. The SMILES string of the molecule is CCCNC(=O)c1cccc(NC(=O)c2ccc(-c3nc(C)cs3)cc2)c1. The molecule has 0 atom stereocenters. The van der Waals surface area contributed by atoms with E-state index in [1.807, 2.05) is 31.4 Å². The zero-order valence-corrected chi connectivity index (χ0v) is 16.1. The number of aryl methyl sites for hydroxylation is 1. The average molecular weight is 379 g/mol. The van der Waals surface area contributed by atoms with Gasteiger partial charge in [-0.05, 0) is 43.7 Å². The molecule has 6 heteroatoms. The molecular formula is C21H21N3O2S. The van der Waals surface area contributed by atoms with Crippen molar-refractivity contribution in [1.29, 1.82) is 0 Å². The van der Waals surface area contributed by atoms with Crippen LogP contribution < -0.4 is 10.6 Å². The Balaban J connectivity index is 1.69. The molecule has 5 nitrogen and oxygen atoms in total. The van der Waals surface area contributed by atoms with Gasteiger partial charge in [0.2, 0.25) is 0 Å². The lowest BCUT2D eigenvalue weighted by molar-refractivity contribution is 0.0952. The Morgan fingerprint density at radius 2 is 1.81 bits per heavy atom. The molecule has 2 N–H and O–H groups in total. The van der Waals surface area contributed by atoms with E-state index in [2.05, 4.69) is 15.6 Å². The fourth-order valence-corrected chi connectivity index (χ4v) is 3.34. The fraction of sp³-hybridized carbons (Fsp3) is 0.190. The van der Waals surface area contributed by atoms with Gasteiger partial charge in [-0.3, -0.25) is 9.59 Å². The molecular weight excluding hydrogens is 358 g/mol. The summed E-state index contributed by atoms with van der Waals surface area (Å²) >= 11 is 1.58. The molecule has 1 heterocycles. The van der Waals surface area contributed by atoms with E-state index in [-0.39, 0.29) is 11.8 Å². The molecule has 0 saturated heterocycles. The highest BCUT2D eigenvalue weighted by atomic mass is 32.1. The molecule has 3 aromatic rings. The first-order chi connectivity index (χ1) is 13.1. The summed E-state index contributed by atoms with van der Waals surface area (Å²) in [7, 11) is 0. The molecule has 2 aromatic carbocycles. The molecule has 0 spiro atoms. The molecule has 0 aliphatic rings. The Kier molecular flexibility index (Phi) is 5.98. The first-order valence-corrected chi connectivity index (χ1v) is 9.67. The van der Waals surface area contributed by atoms with Crippen molar-refractivity contribution in [3.63, 3.8) is 0 Å². The smallest absolute Gasteiger partial charge is 0.255 e. The number of nitrogens with zero attached hydrogens (tertiary/aromatic N) is 1. The minimum absolute atomic E-state index is 0.143. The number of hydrogen-bond acceptors (Lipinski definition) is 4. The summed E-state index contributed by atoms with van der Waals surface area (Å²) in [5.74, 6) is -0.362. The second-order valence-corrected chi connectivity index (χ2v) is 7.02. The van der Waals surface area contributed by atoms with Gasteiger partial charge in [-0.25, -0.2) is 4.98 Å². The lowest BCUT2D eigenvalue weighted by Gasteiger charge is -2.08. The second-order valence-electron chi connectivity index (χ2n) is 6.16. The molecule has 27 heavy (non-hydrogen) atoms. The maximum Gasteiger partial charge on any atom is 0.255 e. The number of carbonyl (C=O) groups excluding carboxylic acids is 2. The number of amides is 2. The van der Waals surface area contributed by atoms with Gasteiger partial charge in [-0.15, -0.1) is 11.3 Å². The third-order valence-corrected chi connectivity index (χ3v) is 4.94. The van der Waals surface area contributed by atoms with Crippen LogP contribution in [0.5, 0.6) is 0 Å². The van der Waals surface area contributed by atoms with Crippen molar-refractivity contribution >= 4 is 28.8 Å². The van der Waals surface area contributed by atoms with E-state index in [9.17, 15) is 9.59 Å². The molecule has 0 aliphatic carbocycles. The van der Waals surface area contributed by atoms with Crippen LogP contribution in [-0.2, 0) is 0 Å². The Labute approximate surface area is 162 Å². The van der Waals surface area contributed by atoms with E-state index in [0.717, 1.165) is 22.7 Å². The van der Waals surface area contributed by atoms with Crippen LogP contribution in [0.2, 0.25) is 0 Å². The van der Waals surface area contributed by atoms with E-state index in [0.29, 0.717) is 23.4 Å². The van der Waals surface area contributed by atoms with Crippen LogP contribution >= 0.6 is 11.3 Å². The van der Waals surface area contributed by atoms with Crippen molar-refractivity contribution in [2.24, 2.45) is 0 Å². The second kappa shape index (κ2) is 8.60. The molecule has 0 radical (unpaired) electrons. The standard InChI is InChI=1S/C21H21N3O2S/c1-3-11-22-19(25)17-5-4-6-18(12-17)24-20(26)15-7-9-16(10-8-15)21-23-14(2)13-27-21/h4-10,12-13H,3,11H2,1-2H3,(H,22,25)(H,24,26). The first-order valence-electron chi connectivity index (χ1n) is 8.79. The van der Waals surface area contributed by atoms with E-state index in [1.54, 1.807) is 47.7 Å². The van der Waals surface area contributed by atoms with Gasteiger partial charge in [-0.2, -0.15) is 0 Å². The predicted molar refractivity (Wildman–Crippen MR) is 109 cm³/mol. The largest absolute Gasteiger partial charge is 0.352 e. The van der Waals surface area contributed by atoms with Gasteiger partial charge in [0.15, 0.2) is 0 Å². The van der Waals surface area contributed by atoms with Crippen LogP contribution in [0.3, 0.4) is 0 Å². The predicted octanol–water partition coefficient (Wildman–Crippen LogP) is 4.51. The summed E-state index contributed by atoms with van der Waals surface area (Å²) in [6.07, 6.45) is 0.874. The van der Waals surface area contributed by atoms with Gasteiger partial charge in [0.25, 0.3) is 11.8 Å². The summed E-state index contributed by atoms with van der Waals surface area (Å²) in [4.78, 5) is 29.0. The molecule has 1 aromatic heterocycles. The monoisotopic (exact) mass is 379 g/mol. The van der Waals surface area contributed by atoms with Crippen LogP contribution in [0.4, 0.5) is 5.69 Å². The maximum absolute atomic E-state index is 12.5. The van der Waals surface area contributed by atoms with Crippen LogP contribution in [0.15, 0.2) is 53.9 Å². The molecule has 138 valence electrons. The topological polar surface area (TPSA) is 71.1 Å². The van der Waals surface area contributed by atoms with Crippen molar-refractivity contribution in [3.05, 3.63) is 70.7 Å². The van der Waals surface area contributed by atoms with Crippen molar-refractivity contribution < 1.29 is 9.59 Å². The van der Waals surface area contributed by atoms with Crippen molar-refractivity contribution in [2.45, 2.75) is 20.3 Å². The van der Waals surface area contributed by atoms with Crippen LogP contribution in [0.25, 0.3) is 10.6 Å². The van der Waals surface area contributed by atoms with Gasteiger partial charge in [0, 0.05) is 40.0 Å². The highest BCUT2D eigenvalue weighted by Crippen LogP contribution is 2.24. The summed E-state index contributed by atoms with van der Waals surface area (Å²) < 4.78 is 0. The minimum atomic E-state index is -0.219. The normalized spacial score (nSPS) is 10.4. The van der Waals surface area contributed by atoms with Crippen molar-refractivity contribution in [3.8, 4) is 10.6 Å². The number of nitrogens with one attached hydrogen (secondary N) is 2. The van der Waals surface area contributed by atoms with Crippen LogP contribution in [0.1, 0.15) is 39.8 Å². The van der Waals surface area contributed by atoms with Crippen LogP contribution in [0, 0.1) is 6.92 Å². The van der Waals surface area contributed by atoms with Gasteiger partial charge >= 0.3 is 0 Å². The number of aromatic nitrogens is 1. The molecule has 0 bridgehead atoms. The van der Waals surface area contributed by atoms with Gasteiger partial charge < -0.3 is 10.6 Å². The molecule has 2 amide bonds. The number of carbonyl (C=O) groups is 2. The van der Waals surface area contributed by atoms with Gasteiger partial charge in [-0.1, -0.05) is 25.1 Å². The number of anilines is 1. The van der Waals surface area contributed by atoms with Gasteiger partial charge in [0.05, 0.1) is 0 Å². The zero-order valence-electron chi connectivity index (χ0n) is 15.3. The summed E-state index contributed by atoms with van der Waals surface area (Å²) in [6.45, 7) is 4.58. The number of hydrogen-bond donors (Lipinski definition) is 2. The Morgan fingerprint density at radius 1 is 1.04 bits per heavy atom. The molecule has 0 aliphatic heterocycles. The number of rotatable bonds is 6. The fourth-order valence-electron chi connectivity index (χ4n) is 2.53. The van der Waals surface area contributed by atoms with Gasteiger partial charge in [0.1, 0.15) is 5.01 Å². The van der Waals surface area contributed by atoms with Crippen molar-refractivity contribution in [2.75, 3.05) is 11.9 Å². The van der Waals surface area contributed by atoms with E-state index < -0.39 is 0 Å². The van der Waals surface area contributed by atoms with Crippen molar-refractivity contribution in [1.82, 2.24) is 10.3 Å². The van der Waals surface area contributed by atoms with E-state index in [1.165, 1.54) is 0 Å².